The summed E-state index contributed by atoms with van der Waals surface area (Å²) in [5.41, 5.74) is 2.47. The van der Waals surface area contributed by atoms with Crippen molar-refractivity contribution in [2.75, 3.05) is 5.75 Å². The molecule has 1 amide bonds. The van der Waals surface area contributed by atoms with Crippen molar-refractivity contribution < 1.29 is 4.79 Å². The highest BCUT2D eigenvalue weighted by molar-refractivity contribution is 9.10. The van der Waals surface area contributed by atoms with Gasteiger partial charge in [-0.2, -0.15) is 0 Å². The van der Waals surface area contributed by atoms with E-state index < -0.39 is 0 Å². The second-order valence-electron chi connectivity index (χ2n) is 7.46. The number of thioether (sulfide) groups is 1. The topological polar surface area (TPSA) is 34.0 Å². The average Bonchev–Trinajstić information content (AvgIpc) is 3.07. The third-order valence-electron chi connectivity index (χ3n) is 5.35. The Hall–Kier alpha value is -1.72. The van der Waals surface area contributed by atoms with Crippen molar-refractivity contribution in [2.45, 2.75) is 49.6 Å². The molecule has 0 unspecified atom stereocenters. The van der Waals surface area contributed by atoms with Crippen molar-refractivity contribution in [3.63, 3.8) is 0 Å². The lowest BCUT2D eigenvalue weighted by molar-refractivity contribution is -0.119. The highest BCUT2D eigenvalue weighted by atomic mass is 79.9. The first-order valence-corrected chi connectivity index (χ1v) is 11.7. The van der Waals surface area contributed by atoms with Crippen LogP contribution in [0.2, 0.25) is 0 Å². The largest absolute Gasteiger partial charge is 0.353 e. The second-order valence-corrected chi connectivity index (χ2v) is 9.39. The molecule has 0 bridgehead atoms. The van der Waals surface area contributed by atoms with Crippen molar-refractivity contribution in [2.24, 2.45) is 0 Å². The van der Waals surface area contributed by atoms with Gasteiger partial charge in [0.15, 0.2) is 0 Å². The van der Waals surface area contributed by atoms with E-state index >= 15 is 0 Å². The number of para-hydroxylation sites is 1. The van der Waals surface area contributed by atoms with Gasteiger partial charge < -0.3 is 9.88 Å². The summed E-state index contributed by atoms with van der Waals surface area (Å²) in [5.74, 6) is 0.629. The molecule has 0 saturated heterocycles. The maximum Gasteiger partial charge on any atom is 0.230 e. The van der Waals surface area contributed by atoms with Crippen LogP contribution in [0.4, 0.5) is 0 Å². The Kier molecular flexibility index (Phi) is 6.43. The Bertz CT molecular complexity index is 945. The summed E-state index contributed by atoms with van der Waals surface area (Å²) >= 11 is 5.14. The van der Waals surface area contributed by atoms with Crippen molar-refractivity contribution in [1.82, 2.24) is 9.88 Å². The molecule has 0 spiro atoms. The SMILES string of the molecule is O=C(CSc1cn(Cc2ccc(Br)cc2)c2ccccc12)NC1CCCCC1. The molecule has 1 aliphatic rings. The molecule has 1 aromatic heterocycles. The van der Waals surface area contributed by atoms with Crippen LogP contribution in [0.15, 0.2) is 64.1 Å². The minimum Gasteiger partial charge on any atom is -0.353 e. The number of amides is 1. The van der Waals surface area contributed by atoms with Gasteiger partial charge in [-0.1, -0.05) is 65.5 Å². The fraction of sp³-hybridized carbons (Fsp3) is 0.348. The average molecular weight is 457 g/mol. The van der Waals surface area contributed by atoms with E-state index in [0.717, 1.165) is 23.9 Å². The number of nitrogens with one attached hydrogen (secondary N) is 1. The Morgan fingerprint density at radius 1 is 1.07 bits per heavy atom. The van der Waals surface area contributed by atoms with Crippen LogP contribution in [-0.4, -0.2) is 22.3 Å². The molecule has 5 heteroatoms. The van der Waals surface area contributed by atoms with E-state index in [9.17, 15) is 4.79 Å². The minimum absolute atomic E-state index is 0.154. The van der Waals surface area contributed by atoms with Crippen LogP contribution in [0.1, 0.15) is 37.7 Å². The van der Waals surface area contributed by atoms with Gasteiger partial charge in [-0.15, -0.1) is 11.8 Å². The van der Waals surface area contributed by atoms with Gasteiger partial charge in [-0.3, -0.25) is 4.79 Å². The first-order valence-electron chi connectivity index (χ1n) is 9.93. The molecule has 3 nitrogen and oxygen atoms in total. The smallest absolute Gasteiger partial charge is 0.230 e. The molecule has 3 aromatic rings. The zero-order chi connectivity index (χ0) is 19.3. The molecule has 1 heterocycles. The van der Waals surface area contributed by atoms with Crippen LogP contribution < -0.4 is 5.32 Å². The van der Waals surface area contributed by atoms with Gasteiger partial charge in [-0.25, -0.2) is 0 Å². The molecule has 0 atom stereocenters. The van der Waals surface area contributed by atoms with E-state index in [1.807, 2.05) is 0 Å². The standard InChI is InChI=1S/C23H25BrN2OS/c24-18-12-10-17(11-13-18)14-26-15-22(20-8-4-5-9-21(20)26)28-16-23(27)25-19-6-2-1-3-7-19/h4-5,8-13,15,19H,1-3,6-7,14,16H2,(H,25,27). The molecule has 0 aliphatic heterocycles. The fourth-order valence-electron chi connectivity index (χ4n) is 3.90. The quantitative estimate of drug-likeness (QED) is 0.461. The number of hydrogen-bond donors (Lipinski definition) is 1. The van der Waals surface area contributed by atoms with E-state index in [2.05, 4.69) is 80.5 Å². The molecule has 1 N–H and O–H groups in total. The lowest BCUT2D eigenvalue weighted by atomic mass is 9.95. The van der Waals surface area contributed by atoms with Crippen molar-refractivity contribution in [3.05, 3.63) is 64.8 Å². The van der Waals surface area contributed by atoms with Crippen LogP contribution in [0.5, 0.6) is 0 Å². The van der Waals surface area contributed by atoms with Crippen molar-refractivity contribution in [1.29, 1.82) is 0 Å². The molecule has 1 saturated carbocycles. The third-order valence-corrected chi connectivity index (χ3v) is 6.92. The summed E-state index contributed by atoms with van der Waals surface area (Å²) in [4.78, 5) is 13.6. The van der Waals surface area contributed by atoms with E-state index in [0.29, 0.717) is 11.8 Å². The first-order chi connectivity index (χ1) is 13.7. The molecular weight excluding hydrogens is 432 g/mol. The van der Waals surface area contributed by atoms with Gasteiger partial charge in [0.25, 0.3) is 0 Å². The van der Waals surface area contributed by atoms with Gasteiger partial charge in [0.2, 0.25) is 5.91 Å². The minimum atomic E-state index is 0.154. The van der Waals surface area contributed by atoms with Gasteiger partial charge >= 0.3 is 0 Å². The van der Waals surface area contributed by atoms with Crippen LogP contribution in [0, 0.1) is 0 Å². The number of halogens is 1. The molecule has 28 heavy (non-hydrogen) atoms. The summed E-state index contributed by atoms with van der Waals surface area (Å²) in [5, 5.41) is 4.44. The molecule has 4 rings (SSSR count). The summed E-state index contributed by atoms with van der Waals surface area (Å²) in [6.45, 7) is 0.822. The Morgan fingerprint density at radius 3 is 2.61 bits per heavy atom. The lowest BCUT2D eigenvalue weighted by Gasteiger charge is -2.22. The van der Waals surface area contributed by atoms with Gasteiger partial charge in [-0.05, 0) is 36.6 Å². The number of carbonyl (C=O) groups is 1. The Balaban J connectivity index is 1.46. The predicted octanol–water partition coefficient (Wildman–Crippen LogP) is 5.99. The van der Waals surface area contributed by atoms with E-state index in [1.54, 1.807) is 11.8 Å². The second kappa shape index (κ2) is 9.19. The van der Waals surface area contributed by atoms with Crippen molar-refractivity contribution in [3.8, 4) is 0 Å². The van der Waals surface area contributed by atoms with Crippen molar-refractivity contribution >= 4 is 44.5 Å². The molecule has 1 fully saturated rings. The maximum absolute atomic E-state index is 12.4. The molecule has 2 aromatic carbocycles. The fourth-order valence-corrected chi connectivity index (χ4v) is 5.07. The molecule has 1 aliphatic carbocycles. The predicted molar refractivity (Wildman–Crippen MR) is 121 cm³/mol. The number of hydrogen-bond acceptors (Lipinski definition) is 2. The van der Waals surface area contributed by atoms with Crippen LogP contribution in [0.25, 0.3) is 10.9 Å². The normalized spacial score (nSPS) is 15.0. The number of nitrogens with zero attached hydrogens (tertiary/aromatic N) is 1. The summed E-state index contributed by atoms with van der Waals surface area (Å²) in [6, 6.07) is 17.3. The number of aromatic nitrogens is 1. The summed E-state index contributed by atoms with van der Waals surface area (Å²) < 4.78 is 3.37. The van der Waals surface area contributed by atoms with Crippen LogP contribution in [-0.2, 0) is 11.3 Å². The Morgan fingerprint density at radius 2 is 1.82 bits per heavy atom. The highest BCUT2D eigenvalue weighted by Gasteiger charge is 2.16. The molecule has 0 radical (unpaired) electrons. The first kappa shape index (κ1) is 19.6. The Labute approximate surface area is 179 Å². The molecule has 146 valence electrons. The van der Waals surface area contributed by atoms with E-state index in [4.69, 9.17) is 0 Å². The van der Waals surface area contributed by atoms with Crippen LogP contribution in [0.3, 0.4) is 0 Å². The number of rotatable bonds is 6. The molecular formula is C23H25BrN2OS. The number of benzene rings is 2. The highest BCUT2D eigenvalue weighted by Crippen LogP contribution is 2.30. The zero-order valence-electron chi connectivity index (χ0n) is 15.9. The monoisotopic (exact) mass is 456 g/mol. The summed E-state index contributed by atoms with van der Waals surface area (Å²) in [7, 11) is 0. The van der Waals surface area contributed by atoms with Crippen LogP contribution >= 0.6 is 27.7 Å². The number of carbonyl (C=O) groups excluding carboxylic acids is 1. The van der Waals surface area contributed by atoms with Gasteiger partial charge in [0.05, 0.1) is 5.75 Å². The van der Waals surface area contributed by atoms with Gasteiger partial charge in [0.1, 0.15) is 0 Å². The zero-order valence-corrected chi connectivity index (χ0v) is 18.3. The lowest BCUT2D eigenvalue weighted by Crippen LogP contribution is -2.37. The maximum atomic E-state index is 12.4. The van der Waals surface area contributed by atoms with E-state index in [1.165, 1.54) is 40.6 Å². The van der Waals surface area contributed by atoms with E-state index in [-0.39, 0.29) is 5.91 Å². The summed E-state index contributed by atoms with van der Waals surface area (Å²) in [6.07, 6.45) is 8.22. The van der Waals surface area contributed by atoms with Gasteiger partial charge in [0, 0.05) is 39.1 Å². The third kappa shape index (κ3) is 4.81. The number of fused-ring (bicyclic) bond motifs is 1.